The molecule has 3 amide bonds. The van der Waals surface area contributed by atoms with Gasteiger partial charge in [0.1, 0.15) is 11.8 Å². The fraction of sp³-hybridized carbons (Fsp3) is 0.478. The van der Waals surface area contributed by atoms with Gasteiger partial charge in [0.15, 0.2) is 5.13 Å². The normalized spacial score (nSPS) is 15.1. The van der Waals surface area contributed by atoms with Crippen LogP contribution in [0.3, 0.4) is 0 Å². The minimum atomic E-state index is -0.626. The highest BCUT2D eigenvalue weighted by atomic mass is 32.2. The first-order valence-electron chi connectivity index (χ1n) is 10.9. The number of ether oxygens (including phenoxy) is 1. The molecule has 1 unspecified atom stereocenters. The Morgan fingerprint density at radius 2 is 2.00 bits per heavy atom. The molecule has 1 aromatic heterocycles. The second-order valence-electron chi connectivity index (χ2n) is 7.89. The van der Waals surface area contributed by atoms with Crippen LogP contribution in [0.1, 0.15) is 35.3 Å². The first-order chi connectivity index (χ1) is 15.9. The summed E-state index contributed by atoms with van der Waals surface area (Å²) >= 11 is 3.03. The van der Waals surface area contributed by atoms with Crippen LogP contribution in [-0.2, 0) is 9.59 Å². The summed E-state index contributed by atoms with van der Waals surface area (Å²) in [6.45, 7) is 2.85. The number of nitrogens with zero attached hydrogens (tertiary/aromatic N) is 2. The molecule has 1 aliphatic heterocycles. The number of aryl methyl sites for hydroxylation is 1. The summed E-state index contributed by atoms with van der Waals surface area (Å²) < 4.78 is 5.28. The molecule has 10 heteroatoms. The molecule has 1 aromatic carbocycles. The number of amides is 3. The van der Waals surface area contributed by atoms with Gasteiger partial charge in [0.05, 0.1) is 18.4 Å². The second kappa shape index (κ2) is 12.0. The van der Waals surface area contributed by atoms with Crippen LogP contribution >= 0.6 is 23.1 Å². The topological polar surface area (TPSA) is 101 Å². The van der Waals surface area contributed by atoms with Crippen LogP contribution in [0.4, 0.5) is 5.13 Å². The van der Waals surface area contributed by atoms with Crippen LogP contribution in [0.25, 0.3) is 0 Å². The van der Waals surface area contributed by atoms with Crippen molar-refractivity contribution < 1.29 is 19.1 Å². The third-order valence-electron chi connectivity index (χ3n) is 5.59. The molecule has 2 aromatic rings. The largest absolute Gasteiger partial charge is 0.496 e. The molecule has 0 aliphatic carbocycles. The lowest BCUT2D eigenvalue weighted by molar-refractivity contribution is -0.136. The molecule has 178 valence electrons. The lowest BCUT2D eigenvalue weighted by Gasteiger charge is -2.34. The van der Waals surface area contributed by atoms with Crippen molar-refractivity contribution in [2.45, 2.75) is 32.2 Å². The summed E-state index contributed by atoms with van der Waals surface area (Å²) in [5, 5.41) is 8.27. The van der Waals surface area contributed by atoms with Gasteiger partial charge in [-0.05, 0) is 50.3 Å². The molecular weight excluding hydrogens is 460 g/mol. The molecule has 1 atom stereocenters. The summed E-state index contributed by atoms with van der Waals surface area (Å²) in [5.74, 6) is 0.551. The van der Waals surface area contributed by atoms with Crippen molar-refractivity contribution in [3.05, 3.63) is 40.9 Å². The monoisotopic (exact) mass is 490 g/mol. The highest BCUT2D eigenvalue weighted by Gasteiger charge is 2.32. The Labute approximate surface area is 202 Å². The SMILES string of the molecule is COc1ccccc1C(=O)NC(CCSC)C(=O)N1CCC(C(=O)Nc2nc(C)cs2)CC1. The van der Waals surface area contributed by atoms with E-state index < -0.39 is 6.04 Å². The molecule has 2 heterocycles. The highest BCUT2D eigenvalue weighted by Crippen LogP contribution is 2.23. The van der Waals surface area contributed by atoms with Crippen LogP contribution in [0, 0.1) is 12.8 Å². The fourth-order valence-electron chi connectivity index (χ4n) is 3.76. The molecule has 2 N–H and O–H groups in total. The molecular formula is C23H30N4O4S2. The predicted octanol–water partition coefficient (Wildman–Crippen LogP) is 3.19. The van der Waals surface area contributed by atoms with Crippen LogP contribution in [-0.4, -0.2) is 65.9 Å². The van der Waals surface area contributed by atoms with Crippen LogP contribution in [0.15, 0.2) is 29.6 Å². The number of hydrogen-bond donors (Lipinski definition) is 2. The molecule has 1 aliphatic rings. The number of carbonyl (C=O) groups excluding carboxylic acids is 3. The molecule has 0 saturated carbocycles. The molecule has 33 heavy (non-hydrogen) atoms. The van der Waals surface area contributed by atoms with Gasteiger partial charge in [-0.25, -0.2) is 4.98 Å². The van der Waals surface area contributed by atoms with E-state index in [0.29, 0.717) is 48.8 Å². The maximum Gasteiger partial charge on any atom is 0.255 e. The zero-order valence-corrected chi connectivity index (χ0v) is 20.8. The van der Waals surface area contributed by atoms with Crippen LogP contribution in [0.5, 0.6) is 5.75 Å². The highest BCUT2D eigenvalue weighted by molar-refractivity contribution is 7.98. The fourth-order valence-corrected chi connectivity index (χ4v) is 4.93. The zero-order chi connectivity index (χ0) is 23.8. The summed E-state index contributed by atoms with van der Waals surface area (Å²) in [5.41, 5.74) is 1.27. The Morgan fingerprint density at radius 3 is 2.64 bits per heavy atom. The Kier molecular flexibility index (Phi) is 9.13. The minimum Gasteiger partial charge on any atom is -0.496 e. The van der Waals surface area contributed by atoms with Gasteiger partial charge in [0.2, 0.25) is 11.8 Å². The molecule has 1 fully saturated rings. The summed E-state index contributed by atoms with van der Waals surface area (Å²) in [4.78, 5) is 44.7. The van der Waals surface area contributed by atoms with Crippen molar-refractivity contribution in [2.75, 3.05) is 37.5 Å². The van der Waals surface area contributed by atoms with E-state index in [0.717, 1.165) is 11.4 Å². The number of rotatable bonds is 9. The van der Waals surface area contributed by atoms with Crippen molar-refractivity contribution in [3.63, 3.8) is 0 Å². The van der Waals surface area contributed by atoms with Crippen molar-refractivity contribution in [1.29, 1.82) is 0 Å². The summed E-state index contributed by atoms with van der Waals surface area (Å²) in [6, 6.07) is 6.33. The average molecular weight is 491 g/mol. The number of thiazole rings is 1. The van der Waals surface area contributed by atoms with Crippen molar-refractivity contribution in [2.24, 2.45) is 5.92 Å². The number of thioether (sulfide) groups is 1. The van der Waals surface area contributed by atoms with E-state index in [4.69, 9.17) is 4.74 Å². The second-order valence-corrected chi connectivity index (χ2v) is 9.73. The number of para-hydroxylation sites is 1. The predicted molar refractivity (Wildman–Crippen MR) is 132 cm³/mol. The number of likely N-dealkylation sites (tertiary alicyclic amines) is 1. The van der Waals surface area contributed by atoms with E-state index in [-0.39, 0.29) is 23.6 Å². The minimum absolute atomic E-state index is 0.0557. The third-order valence-corrected chi connectivity index (χ3v) is 7.11. The van der Waals surface area contributed by atoms with Crippen molar-refractivity contribution in [3.8, 4) is 5.75 Å². The van der Waals surface area contributed by atoms with E-state index in [1.165, 1.54) is 18.4 Å². The number of hydrogen-bond acceptors (Lipinski definition) is 7. The summed E-state index contributed by atoms with van der Waals surface area (Å²) in [6.07, 6.45) is 3.66. The molecule has 3 rings (SSSR count). The smallest absolute Gasteiger partial charge is 0.255 e. The van der Waals surface area contributed by atoms with Crippen molar-refractivity contribution in [1.82, 2.24) is 15.2 Å². The van der Waals surface area contributed by atoms with Gasteiger partial charge in [0, 0.05) is 24.4 Å². The van der Waals surface area contributed by atoms with Gasteiger partial charge in [0.25, 0.3) is 5.91 Å². The van der Waals surface area contributed by atoms with E-state index in [9.17, 15) is 14.4 Å². The maximum atomic E-state index is 13.3. The Balaban J connectivity index is 1.59. The Hall–Kier alpha value is -2.59. The standard InChI is InChI=1S/C23H30N4O4S2/c1-15-14-33-23(24-15)26-20(28)16-8-11-27(12-9-16)22(30)18(10-13-32-3)25-21(29)17-6-4-5-7-19(17)31-2/h4-7,14,16,18H,8-13H2,1-3H3,(H,25,29)(H,24,26,28). The Bertz CT molecular complexity index is 973. The van der Waals surface area contributed by atoms with E-state index >= 15 is 0 Å². The lowest BCUT2D eigenvalue weighted by Crippen LogP contribution is -2.51. The molecule has 1 saturated heterocycles. The first-order valence-corrected chi connectivity index (χ1v) is 13.1. The molecule has 0 radical (unpaired) electrons. The summed E-state index contributed by atoms with van der Waals surface area (Å²) in [7, 11) is 1.51. The average Bonchev–Trinajstić information content (AvgIpc) is 3.25. The number of carbonyl (C=O) groups is 3. The molecule has 0 spiro atoms. The van der Waals surface area contributed by atoms with Gasteiger partial charge in [-0.1, -0.05) is 12.1 Å². The number of benzene rings is 1. The number of nitrogens with one attached hydrogen (secondary N) is 2. The maximum absolute atomic E-state index is 13.3. The van der Waals surface area contributed by atoms with E-state index in [1.807, 2.05) is 18.6 Å². The van der Waals surface area contributed by atoms with E-state index in [2.05, 4.69) is 15.6 Å². The molecule has 8 nitrogen and oxygen atoms in total. The molecule has 0 bridgehead atoms. The van der Waals surface area contributed by atoms with Gasteiger partial charge in [-0.3, -0.25) is 14.4 Å². The number of methoxy groups -OCH3 is 1. The van der Waals surface area contributed by atoms with Crippen molar-refractivity contribution >= 4 is 46.0 Å². The van der Waals surface area contributed by atoms with E-state index in [1.54, 1.807) is 40.9 Å². The van der Waals surface area contributed by atoms with Gasteiger partial charge < -0.3 is 20.3 Å². The lowest BCUT2D eigenvalue weighted by atomic mass is 9.95. The van der Waals surface area contributed by atoms with Crippen LogP contribution in [0.2, 0.25) is 0 Å². The number of aromatic nitrogens is 1. The van der Waals surface area contributed by atoms with Gasteiger partial charge >= 0.3 is 0 Å². The van der Waals surface area contributed by atoms with Gasteiger partial charge in [-0.15, -0.1) is 11.3 Å². The third kappa shape index (κ3) is 6.70. The zero-order valence-electron chi connectivity index (χ0n) is 19.1. The van der Waals surface area contributed by atoms with Gasteiger partial charge in [-0.2, -0.15) is 11.8 Å². The first kappa shape index (κ1) is 25.0. The Morgan fingerprint density at radius 1 is 1.27 bits per heavy atom. The number of piperidine rings is 1. The quantitative estimate of drug-likeness (QED) is 0.560. The number of anilines is 1. The van der Waals surface area contributed by atoms with Crippen LogP contribution < -0.4 is 15.4 Å².